The van der Waals surface area contributed by atoms with Gasteiger partial charge < -0.3 is 15.0 Å². The number of methoxy groups -OCH3 is 1. The molecule has 9 heteroatoms. The number of carbonyl (C=O) groups excluding carboxylic acids is 2. The zero-order valence-corrected chi connectivity index (χ0v) is 23.3. The number of amides is 2. The van der Waals surface area contributed by atoms with E-state index in [9.17, 15) is 18.0 Å². The van der Waals surface area contributed by atoms with Crippen LogP contribution in [0.1, 0.15) is 55.7 Å². The largest absolute Gasteiger partial charge is 0.497 e. The summed E-state index contributed by atoms with van der Waals surface area (Å²) in [5.74, 6) is 0.0501. The number of hydrogen-bond donors (Lipinski definition) is 1. The Morgan fingerprint density at radius 3 is 2.27 bits per heavy atom. The normalized spacial score (nSPS) is 14.7. The summed E-state index contributed by atoms with van der Waals surface area (Å²) >= 11 is 0. The number of benzene rings is 2. The third-order valence-corrected chi connectivity index (χ3v) is 8.03. The second kappa shape index (κ2) is 12.4. The van der Waals surface area contributed by atoms with Gasteiger partial charge in [-0.05, 0) is 62.4 Å². The molecule has 0 heterocycles. The lowest BCUT2D eigenvalue weighted by atomic mass is 10.1. The maximum atomic E-state index is 13.8. The van der Waals surface area contributed by atoms with Gasteiger partial charge >= 0.3 is 0 Å². The van der Waals surface area contributed by atoms with Gasteiger partial charge in [0.05, 0.1) is 19.1 Å². The molecule has 1 fully saturated rings. The molecule has 0 spiro atoms. The van der Waals surface area contributed by atoms with Crippen molar-refractivity contribution in [3.63, 3.8) is 0 Å². The van der Waals surface area contributed by atoms with Gasteiger partial charge in [-0.3, -0.25) is 13.9 Å². The quantitative estimate of drug-likeness (QED) is 0.476. The maximum Gasteiger partial charge on any atom is 0.244 e. The van der Waals surface area contributed by atoms with Crippen LogP contribution in [0.2, 0.25) is 0 Å². The van der Waals surface area contributed by atoms with E-state index in [0.29, 0.717) is 17.9 Å². The first kappa shape index (κ1) is 28.5. The lowest BCUT2D eigenvalue weighted by Gasteiger charge is -2.33. The highest BCUT2D eigenvalue weighted by Crippen LogP contribution is 2.25. The molecule has 202 valence electrons. The summed E-state index contributed by atoms with van der Waals surface area (Å²) in [6.07, 6.45) is 5.53. The summed E-state index contributed by atoms with van der Waals surface area (Å²) in [7, 11) is -2.18. The Labute approximate surface area is 221 Å². The van der Waals surface area contributed by atoms with Gasteiger partial charge in [-0.25, -0.2) is 8.42 Å². The van der Waals surface area contributed by atoms with Crippen LogP contribution < -0.4 is 14.4 Å². The van der Waals surface area contributed by atoms with Gasteiger partial charge in [0.25, 0.3) is 0 Å². The Kier molecular flexibility index (Phi) is 9.59. The van der Waals surface area contributed by atoms with Crippen LogP contribution in [-0.2, 0) is 26.2 Å². The van der Waals surface area contributed by atoms with E-state index in [1.54, 1.807) is 25.3 Å². The van der Waals surface area contributed by atoms with Crippen molar-refractivity contribution in [2.24, 2.45) is 0 Å². The minimum absolute atomic E-state index is 0.113. The first-order valence-electron chi connectivity index (χ1n) is 12.8. The molecule has 0 radical (unpaired) electrons. The molecule has 37 heavy (non-hydrogen) atoms. The molecule has 8 nitrogen and oxygen atoms in total. The molecule has 0 saturated heterocycles. The number of rotatable bonds is 11. The Balaban J connectivity index is 1.94. The van der Waals surface area contributed by atoms with Crippen molar-refractivity contribution in [2.45, 2.75) is 71.5 Å². The smallest absolute Gasteiger partial charge is 0.244 e. The first-order valence-corrected chi connectivity index (χ1v) is 14.7. The predicted octanol–water partition coefficient (Wildman–Crippen LogP) is 3.94. The minimum Gasteiger partial charge on any atom is -0.497 e. The average molecular weight is 530 g/mol. The highest BCUT2D eigenvalue weighted by Gasteiger charge is 2.33. The highest BCUT2D eigenvalue weighted by atomic mass is 32.2. The van der Waals surface area contributed by atoms with Gasteiger partial charge in [-0.2, -0.15) is 0 Å². The summed E-state index contributed by atoms with van der Waals surface area (Å²) in [6.45, 7) is 5.39. The van der Waals surface area contributed by atoms with Gasteiger partial charge in [0.2, 0.25) is 21.8 Å². The molecule has 2 aromatic rings. The summed E-state index contributed by atoms with van der Waals surface area (Å²) in [6, 6.07) is 12.1. The standard InChI is InChI=1S/C28H39N3O5S/c1-6-25(28(33)29-23-9-7-8-10-23)30(18-22-12-14-24(36-4)15-13-22)27(32)19-31(37(5,34)35)26-16-11-20(2)17-21(26)3/h11-17,23,25H,6-10,18-19H2,1-5H3,(H,29,33)/t25-/m1/s1. The van der Waals surface area contributed by atoms with Crippen LogP contribution >= 0.6 is 0 Å². The fraction of sp³-hybridized carbons (Fsp3) is 0.500. The topological polar surface area (TPSA) is 96.0 Å². The number of carbonyl (C=O) groups is 2. The number of hydrogen-bond acceptors (Lipinski definition) is 5. The van der Waals surface area contributed by atoms with Crippen molar-refractivity contribution >= 4 is 27.5 Å². The molecule has 0 aromatic heterocycles. The van der Waals surface area contributed by atoms with Crippen LogP contribution in [0.5, 0.6) is 5.75 Å². The van der Waals surface area contributed by atoms with Crippen molar-refractivity contribution < 1.29 is 22.7 Å². The van der Waals surface area contributed by atoms with Crippen LogP contribution in [0.15, 0.2) is 42.5 Å². The zero-order valence-electron chi connectivity index (χ0n) is 22.5. The number of nitrogens with zero attached hydrogens (tertiary/aromatic N) is 2. The van der Waals surface area contributed by atoms with Crippen LogP contribution in [0.4, 0.5) is 5.69 Å². The van der Waals surface area contributed by atoms with Gasteiger partial charge in [-0.15, -0.1) is 0 Å². The van der Waals surface area contributed by atoms with E-state index >= 15 is 0 Å². The molecule has 0 unspecified atom stereocenters. The van der Waals surface area contributed by atoms with Crippen molar-refractivity contribution in [3.05, 3.63) is 59.2 Å². The number of sulfonamides is 1. The zero-order chi connectivity index (χ0) is 27.2. The molecule has 1 saturated carbocycles. The number of aryl methyl sites for hydroxylation is 2. The lowest BCUT2D eigenvalue weighted by molar-refractivity contribution is -0.140. The predicted molar refractivity (Wildman–Crippen MR) is 146 cm³/mol. The Morgan fingerprint density at radius 1 is 1.08 bits per heavy atom. The molecule has 1 aliphatic carbocycles. The van der Waals surface area contributed by atoms with Crippen LogP contribution in [-0.4, -0.2) is 57.1 Å². The molecule has 1 N–H and O–H groups in total. The summed E-state index contributed by atoms with van der Waals surface area (Å²) in [5, 5.41) is 3.12. The van der Waals surface area contributed by atoms with E-state index in [-0.39, 0.29) is 18.5 Å². The molecule has 0 aliphatic heterocycles. The lowest BCUT2D eigenvalue weighted by Crippen LogP contribution is -2.53. The number of nitrogens with one attached hydrogen (secondary N) is 1. The van der Waals surface area contributed by atoms with Crippen LogP contribution in [0.25, 0.3) is 0 Å². The molecule has 3 rings (SSSR count). The van der Waals surface area contributed by atoms with Crippen molar-refractivity contribution in [1.82, 2.24) is 10.2 Å². The highest BCUT2D eigenvalue weighted by molar-refractivity contribution is 7.92. The Morgan fingerprint density at radius 2 is 1.73 bits per heavy atom. The SMILES string of the molecule is CC[C@H](C(=O)NC1CCCC1)N(Cc1ccc(OC)cc1)C(=O)CN(c1ccc(C)cc1C)S(C)(=O)=O. The molecule has 1 aliphatic rings. The Bertz CT molecular complexity index is 1190. The second-order valence-corrected chi connectivity index (χ2v) is 11.8. The maximum absolute atomic E-state index is 13.8. The second-order valence-electron chi connectivity index (χ2n) is 9.84. The molecule has 2 aromatic carbocycles. The molecular formula is C28H39N3O5S. The average Bonchev–Trinajstić information content (AvgIpc) is 3.35. The van der Waals surface area contributed by atoms with Gasteiger partial charge in [0.15, 0.2) is 0 Å². The third kappa shape index (κ3) is 7.47. The van der Waals surface area contributed by atoms with Crippen molar-refractivity contribution in [3.8, 4) is 5.75 Å². The van der Waals surface area contributed by atoms with E-state index < -0.39 is 28.5 Å². The van der Waals surface area contributed by atoms with E-state index in [2.05, 4.69) is 5.32 Å². The molecule has 1 atom stereocenters. The van der Waals surface area contributed by atoms with Gasteiger partial charge in [0.1, 0.15) is 18.3 Å². The fourth-order valence-corrected chi connectivity index (χ4v) is 5.80. The first-order chi connectivity index (χ1) is 17.5. The summed E-state index contributed by atoms with van der Waals surface area (Å²) in [5.41, 5.74) is 3.02. The summed E-state index contributed by atoms with van der Waals surface area (Å²) in [4.78, 5) is 28.7. The van der Waals surface area contributed by atoms with Gasteiger partial charge in [-0.1, -0.05) is 49.6 Å². The van der Waals surface area contributed by atoms with E-state index in [1.165, 1.54) is 4.90 Å². The summed E-state index contributed by atoms with van der Waals surface area (Å²) < 4.78 is 32.0. The third-order valence-electron chi connectivity index (χ3n) is 6.90. The molecule has 2 amide bonds. The minimum atomic E-state index is -3.77. The van der Waals surface area contributed by atoms with Crippen LogP contribution in [0, 0.1) is 13.8 Å². The van der Waals surface area contributed by atoms with E-state index in [4.69, 9.17) is 4.74 Å². The van der Waals surface area contributed by atoms with Crippen molar-refractivity contribution in [2.75, 3.05) is 24.2 Å². The molecule has 0 bridgehead atoms. The van der Waals surface area contributed by atoms with Gasteiger partial charge in [0, 0.05) is 12.6 Å². The van der Waals surface area contributed by atoms with Crippen LogP contribution in [0.3, 0.4) is 0 Å². The van der Waals surface area contributed by atoms with Crippen molar-refractivity contribution in [1.29, 1.82) is 0 Å². The Hall–Kier alpha value is -3.07. The molecular weight excluding hydrogens is 490 g/mol. The van der Waals surface area contributed by atoms with E-state index in [1.807, 2.05) is 45.0 Å². The number of ether oxygens (including phenoxy) is 1. The monoisotopic (exact) mass is 529 g/mol. The number of anilines is 1. The fourth-order valence-electron chi connectivity index (χ4n) is 4.89. The van der Waals surface area contributed by atoms with E-state index in [0.717, 1.165) is 52.9 Å².